The highest BCUT2D eigenvalue weighted by molar-refractivity contribution is 6.33. The van der Waals surface area contributed by atoms with Gasteiger partial charge in [-0.25, -0.2) is 4.39 Å². The number of piperidine rings is 1. The summed E-state index contributed by atoms with van der Waals surface area (Å²) < 4.78 is 13.3. The molecule has 106 valence electrons. The Balaban J connectivity index is 2.13. The van der Waals surface area contributed by atoms with Gasteiger partial charge in [0.05, 0.1) is 16.2 Å². The zero-order valence-electron chi connectivity index (χ0n) is 11.3. The summed E-state index contributed by atoms with van der Waals surface area (Å²) in [6.45, 7) is 5.76. The number of nitrogens with two attached hydrogens (primary N) is 1. The SMILES string of the molecule is CCN1CCC(CN)(Nc2cc(F)ccc2Cl)CC1. The molecule has 1 fully saturated rings. The smallest absolute Gasteiger partial charge is 0.125 e. The lowest BCUT2D eigenvalue weighted by Crippen LogP contribution is -2.53. The highest BCUT2D eigenvalue weighted by Crippen LogP contribution is 2.30. The Bertz CT molecular complexity index is 431. The molecule has 0 radical (unpaired) electrons. The molecule has 2 rings (SSSR count). The quantitative estimate of drug-likeness (QED) is 0.894. The molecule has 3 nitrogen and oxygen atoms in total. The van der Waals surface area contributed by atoms with Crippen LogP contribution in [0.15, 0.2) is 18.2 Å². The van der Waals surface area contributed by atoms with Crippen LogP contribution in [0.5, 0.6) is 0 Å². The van der Waals surface area contributed by atoms with Gasteiger partial charge >= 0.3 is 0 Å². The molecule has 19 heavy (non-hydrogen) atoms. The summed E-state index contributed by atoms with van der Waals surface area (Å²) in [5.41, 5.74) is 6.40. The second-order valence-electron chi connectivity index (χ2n) is 5.17. The highest BCUT2D eigenvalue weighted by atomic mass is 35.5. The molecule has 0 aromatic heterocycles. The Morgan fingerprint density at radius 3 is 2.68 bits per heavy atom. The van der Waals surface area contributed by atoms with Gasteiger partial charge in [0.25, 0.3) is 0 Å². The summed E-state index contributed by atoms with van der Waals surface area (Å²) in [6, 6.07) is 4.37. The van der Waals surface area contributed by atoms with Gasteiger partial charge in [-0.1, -0.05) is 18.5 Å². The molecule has 0 atom stereocenters. The summed E-state index contributed by atoms with van der Waals surface area (Å²) in [7, 11) is 0. The number of nitrogens with zero attached hydrogens (tertiary/aromatic N) is 1. The topological polar surface area (TPSA) is 41.3 Å². The lowest BCUT2D eigenvalue weighted by atomic mass is 9.87. The molecule has 0 unspecified atom stereocenters. The molecule has 0 bridgehead atoms. The van der Waals surface area contributed by atoms with Crippen molar-refractivity contribution >= 4 is 17.3 Å². The van der Waals surface area contributed by atoms with Crippen molar-refractivity contribution in [1.29, 1.82) is 0 Å². The second kappa shape index (κ2) is 6.07. The minimum absolute atomic E-state index is 0.177. The Morgan fingerprint density at radius 1 is 1.42 bits per heavy atom. The first-order valence-electron chi connectivity index (χ1n) is 6.74. The Morgan fingerprint density at radius 2 is 2.11 bits per heavy atom. The zero-order chi connectivity index (χ0) is 13.9. The minimum atomic E-state index is -0.287. The summed E-state index contributed by atoms with van der Waals surface area (Å²) in [6.07, 6.45) is 1.90. The number of nitrogens with one attached hydrogen (secondary N) is 1. The van der Waals surface area contributed by atoms with Gasteiger partial charge in [-0.05, 0) is 37.6 Å². The molecular formula is C14H21ClFN3. The number of likely N-dealkylation sites (tertiary alicyclic amines) is 1. The summed E-state index contributed by atoms with van der Waals surface area (Å²) in [4.78, 5) is 2.39. The average molecular weight is 286 g/mol. The van der Waals surface area contributed by atoms with Crippen LogP contribution in [0.2, 0.25) is 5.02 Å². The van der Waals surface area contributed by atoms with Gasteiger partial charge in [0.15, 0.2) is 0 Å². The van der Waals surface area contributed by atoms with Crippen LogP contribution in [0.25, 0.3) is 0 Å². The lowest BCUT2D eigenvalue weighted by Gasteiger charge is -2.42. The van der Waals surface area contributed by atoms with E-state index in [4.69, 9.17) is 17.3 Å². The zero-order valence-corrected chi connectivity index (χ0v) is 12.0. The predicted octanol–water partition coefficient (Wildman–Crippen LogP) is 2.70. The number of rotatable bonds is 4. The molecule has 0 aliphatic carbocycles. The number of hydrogen-bond donors (Lipinski definition) is 2. The standard InChI is InChI=1S/C14H21ClFN3/c1-2-19-7-5-14(10-17,6-8-19)18-13-9-11(16)3-4-12(13)15/h3-4,9,18H,2,5-8,10,17H2,1H3. The molecule has 1 aromatic carbocycles. The molecule has 1 aliphatic heterocycles. The van der Waals surface area contributed by atoms with Crippen molar-refractivity contribution in [1.82, 2.24) is 4.90 Å². The second-order valence-corrected chi connectivity index (χ2v) is 5.58. The van der Waals surface area contributed by atoms with Gasteiger partial charge < -0.3 is 16.0 Å². The van der Waals surface area contributed by atoms with E-state index in [0.29, 0.717) is 17.3 Å². The fourth-order valence-electron chi connectivity index (χ4n) is 2.56. The normalized spacial score (nSPS) is 19.4. The first-order chi connectivity index (χ1) is 9.08. The van der Waals surface area contributed by atoms with Gasteiger partial charge in [-0.3, -0.25) is 0 Å². The van der Waals surface area contributed by atoms with Crippen LogP contribution >= 0.6 is 11.6 Å². The maximum absolute atomic E-state index is 13.3. The molecule has 1 aliphatic rings. The fraction of sp³-hybridized carbons (Fsp3) is 0.571. The van der Waals surface area contributed by atoms with E-state index >= 15 is 0 Å². The van der Waals surface area contributed by atoms with Crippen LogP contribution < -0.4 is 11.1 Å². The van der Waals surface area contributed by atoms with Gasteiger partial charge in [-0.2, -0.15) is 0 Å². The van der Waals surface area contributed by atoms with Crippen molar-refractivity contribution in [3.8, 4) is 0 Å². The lowest BCUT2D eigenvalue weighted by molar-refractivity contribution is 0.184. The van der Waals surface area contributed by atoms with E-state index in [1.54, 1.807) is 6.07 Å². The van der Waals surface area contributed by atoms with Crippen molar-refractivity contribution < 1.29 is 4.39 Å². The van der Waals surface area contributed by atoms with E-state index in [1.807, 2.05) is 0 Å². The number of halogens is 2. The van der Waals surface area contributed by atoms with E-state index in [9.17, 15) is 4.39 Å². The van der Waals surface area contributed by atoms with E-state index in [-0.39, 0.29) is 11.4 Å². The van der Waals surface area contributed by atoms with Gasteiger partial charge in [0, 0.05) is 19.6 Å². The largest absolute Gasteiger partial charge is 0.377 e. The van der Waals surface area contributed by atoms with E-state index in [0.717, 1.165) is 32.5 Å². The average Bonchev–Trinajstić information content (AvgIpc) is 2.44. The molecule has 1 heterocycles. The van der Waals surface area contributed by atoms with Gasteiger partial charge in [-0.15, -0.1) is 0 Å². The third-order valence-electron chi connectivity index (χ3n) is 3.98. The van der Waals surface area contributed by atoms with Crippen LogP contribution in [0.3, 0.4) is 0 Å². The van der Waals surface area contributed by atoms with Gasteiger partial charge in [0.2, 0.25) is 0 Å². The molecule has 0 spiro atoms. The van der Waals surface area contributed by atoms with E-state index < -0.39 is 0 Å². The number of hydrogen-bond acceptors (Lipinski definition) is 3. The molecule has 0 saturated carbocycles. The monoisotopic (exact) mass is 285 g/mol. The van der Waals surface area contributed by atoms with Crippen molar-refractivity contribution in [2.75, 3.05) is 31.5 Å². The molecule has 0 amide bonds. The number of benzene rings is 1. The van der Waals surface area contributed by atoms with Crippen LogP contribution in [-0.4, -0.2) is 36.6 Å². The van der Waals surface area contributed by atoms with Crippen LogP contribution in [0.1, 0.15) is 19.8 Å². The first kappa shape index (κ1) is 14.6. The van der Waals surface area contributed by atoms with Crippen molar-refractivity contribution in [3.63, 3.8) is 0 Å². The summed E-state index contributed by atoms with van der Waals surface area (Å²) >= 11 is 6.11. The molecular weight excluding hydrogens is 265 g/mol. The molecule has 3 N–H and O–H groups in total. The Hall–Kier alpha value is -0.840. The van der Waals surface area contributed by atoms with Crippen LogP contribution in [0, 0.1) is 5.82 Å². The van der Waals surface area contributed by atoms with E-state index in [1.165, 1.54) is 12.1 Å². The van der Waals surface area contributed by atoms with E-state index in [2.05, 4.69) is 17.1 Å². The first-order valence-corrected chi connectivity index (χ1v) is 7.12. The van der Waals surface area contributed by atoms with Crippen LogP contribution in [-0.2, 0) is 0 Å². The highest BCUT2D eigenvalue weighted by Gasteiger charge is 2.33. The third kappa shape index (κ3) is 3.38. The third-order valence-corrected chi connectivity index (χ3v) is 4.31. The maximum Gasteiger partial charge on any atom is 0.125 e. The summed E-state index contributed by atoms with van der Waals surface area (Å²) in [5, 5.41) is 3.91. The molecule has 1 aromatic rings. The Kier molecular flexibility index (Phi) is 4.66. The van der Waals surface area contributed by atoms with Crippen molar-refractivity contribution in [3.05, 3.63) is 29.0 Å². The van der Waals surface area contributed by atoms with Crippen molar-refractivity contribution in [2.45, 2.75) is 25.3 Å². The fourth-order valence-corrected chi connectivity index (χ4v) is 2.72. The Labute approximate surface area is 118 Å². The summed E-state index contributed by atoms with van der Waals surface area (Å²) in [5.74, 6) is -0.287. The molecule has 5 heteroatoms. The van der Waals surface area contributed by atoms with Gasteiger partial charge in [0.1, 0.15) is 5.82 Å². The van der Waals surface area contributed by atoms with Crippen LogP contribution in [0.4, 0.5) is 10.1 Å². The van der Waals surface area contributed by atoms with Crippen molar-refractivity contribution in [2.24, 2.45) is 5.73 Å². The maximum atomic E-state index is 13.3. The number of anilines is 1. The minimum Gasteiger partial charge on any atom is -0.377 e. The molecule has 1 saturated heterocycles. The predicted molar refractivity (Wildman–Crippen MR) is 78.2 cm³/mol.